The molecule has 0 N–H and O–H groups in total. The van der Waals surface area contributed by atoms with Crippen LogP contribution in [0.25, 0.3) is 11.1 Å². The minimum Gasteiger partial charge on any atom is -0.166 e. The van der Waals surface area contributed by atoms with E-state index >= 15 is 0 Å². The molecule has 167 valence electrons. The van der Waals surface area contributed by atoms with Crippen molar-refractivity contribution in [3.63, 3.8) is 0 Å². The van der Waals surface area contributed by atoms with Crippen LogP contribution in [-0.4, -0.2) is 8.80 Å². The van der Waals surface area contributed by atoms with E-state index in [0.717, 1.165) is 23.0 Å². The molecule has 0 amide bonds. The van der Waals surface area contributed by atoms with Crippen LogP contribution in [0.1, 0.15) is 68.9 Å². The molecule has 0 bridgehead atoms. The second-order valence-corrected chi connectivity index (χ2v) is 12.6. The Bertz CT molecular complexity index is 809. The molecule has 2 fully saturated rings. The van der Waals surface area contributed by atoms with Gasteiger partial charge in [0.25, 0.3) is 0 Å². The van der Waals surface area contributed by atoms with Gasteiger partial charge in [0.2, 0.25) is 0 Å². The maximum atomic E-state index is 12.8. The van der Waals surface area contributed by atoms with E-state index in [-0.39, 0.29) is 8.80 Å². The van der Waals surface area contributed by atoms with Gasteiger partial charge in [-0.05, 0) is 72.3 Å². The Balaban J connectivity index is 1.30. The normalized spacial score (nSPS) is 23.7. The Labute approximate surface area is 186 Å². The Kier molecular flexibility index (Phi) is 7.25. The summed E-state index contributed by atoms with van der Waals surface area (Å²) in [6.07, 6.45) is 5.38. The summed E-state index contributed by atoms with van der Waals surface area (Å²) in [5, 5.41) is 0. The average molecular weight is 444 g/mol. The highest BCUT2D eigenvalue weighted by Crippen LogP contribution is 2.44. The van der Waals surface area contributed by atoms with Gasteiger partial charge in [-0.15, -0.1) is 0 Å². The van der Waals surface area contributed by atoms with Crippen LogP contribution in [0, 0.1) is 11.8 Å². The Morgan fingerprint density at radius 1 is 0.742 bits per heavy atom. The van der Waals surface area contributed by atoms with Crippen molar-refractivity contribution in [3.05, 3.63) is 59.7 Å². The summed E-state index contributed by atoms with van der Waals surface area (Å²) in [4.78, 5) is 0. The van der Waals surface area contributed by atoms with Gasteiger partial charge in [0, 0.05) is 8.80 Å². The van der Waals surface area contributed by atoms with E-state index in [9.17, 15) is 13.2 Å². The monoisotopic (exact) mass is 443 g/mol. The predicted octanol–water partition coefficient (Wildman–Crippen LogP) is 8.96. The smallest absolute Gasteiger partial charge is 0.166 e. The van der Waals surface area contributed by atoms with E-state index in [1.165, 1.54) is 68.7 Å². The van der Waals surface area contributed by atoms with Gasteiger partial charge in [0.1, 0.15) is 0 Å². The van der Waals surface area contributed by atoms with E-state index in [2.05, 4.69) is 31.2 Å². The zero-order valence-corrected chi connectivity index (χ0v) is 19.6. The Hall–Kier alpha value is -1.55. The van der Waals surface area contributed by atoms with E-state index in [1.807, 2.05) is 0 Å². The number of rotatable bonds is 5. The molecule has 1 heterocycles. The van der Waals surface area contributed by atoms with Gasteiger partial charge in [0.05, 0.1) is 5.56 Å². The molecule has 1 saturated heterocycles. The van der Waals surface area contributed by atoms with Crippen LogP contribution in [0.5, 0.6) is 0 Å². The number of hydrogen-bond donors (Lipinski definition) is 0. The summed E-state index contributed by atoms with van der Waals surface area (Å²) < 4.78 is 38.3. The van der Waals surface area contributed by atoms with Gasteiger partial charge in [-0.3, -0.25) is 0 Å². The van der Waals surface area contributed by atoms with Crippen LogP contribution in [0.15, 0.2) is 48.5 Å². The number of alkyl halides is 3. The molecule has 1 aliphatic carbocycles. The van der Waals surface area contributed by atoms with Crippen molar-refractivity contribution in [1.82, 2.24) is 0 Å². The molecule has 1 radical (unpaired) electrons. The molecule has 1 saturated carbocycles. The van der Waals surface area contributed by atoms with Crippen LogP contribution in [0.4, 0.5) is 13.2 Å². The molecule has 1 aliphatic heterocycles. The van der Waals surface area contributed by atoms with Crippen LogP contribution in [0.2, 0.25) is 18.1 Å². The zero-order valence-electron chi connectivity index (χ0n) is 18.6. The second kappa shape index (κ2) is 9.93. The first-order valence-electron chi connectivity index (χ1n) is 12.0. The lowest BCUT2D eigenvalue weighted by Gasteiger charge is -2.37. The second-order valence-electron chi connectivity index (χ2n) is 9.65. The number of halogens is 3. The average Bonchev–Trinajstić information content (AvgIpc) is 2.80. The Morgan fingerprint density at radius 3 is 1.77 bits per heavy atom. The van der Waals surface area contributed by atoms with E-state index in [4.69, 9.17) is 0 Å². The standard InChI is InChI=1S/C27H34F3Si/c1-2-17-31-18-15-25(16-19-31)23-9-7-21(8-10-23)20-3-5-22(6-4-20)24-11-13-26(14-12-24)27(28,29)30/h3-6,11-14,21,23,25H,2,7-10,15-19H2,1H3. The van der Waals surface area contributed by atoms with Crippen molar-refractivity contribution >= 4 is 8.80 Å². The number of hydrogen-bond acceptors (Lipinski definition) is 0. The topological polar surface area (TPSA) is 0 Å². The van der Waals surface area contributed by atoms with E-state index < -0.39 is 11.7 Å². The first-order chi connectivity index (χ1) is 14.9. The molecule has 0 nitrogen and oxygen atoms in total. The van der Waals surface area contributed by atoms with Gasteiger partial charge in [0.15, 0.2) is 0 Å². The maximum absolute atomic E-state index is 12.8. The molecule has 4 heteroatoms. The molecule has 0 unspecified atom stereocenters. The molecule has 2 aromatic rings. The number of benzene rings is 2. The third-order valence-electron chi connectivity index (χ3n) is 7.71. The van der Waals surface area contributed by atoms with Gasteiger partial charge in [-0.2, -0.15) is 13.2 Å². The summed E-state index contributed by atoms with van der Waals surface area (Å²) in [6, 6.07) is 18.6. The molecular formula is C27H34F3Si. The lowest BCUT2D eigenvalue weighted by molar-refractivity contribution is -0.137. The van der Waals surface area contributed by atoms with Crippen molar-refractivity contribution in [2.75, 3.05) is 0 Å². The summed E-state index contributed by atoms with van der Waals surface area (Å²) in [5.41, 5.74) is 2.62. The third-order valence-corrected chi connectivity index (χ3v) is 10.9. The van der Waals surface area contributed by atoms with Gasteiger partial charge < -0.3 is 0 Å². The summed E-state index contributed by atoms with van der Waals surface area (Å²) in [5.74, 6) is 2.56. The first-order valence-corrected chi connectivity index (χ1v) is 14.2. The largest absolute Gasteiger partial charge is 0.416 e. The fourth-order valence-corrected chi connectivity index (χ4v) is 8.86. The molecular weight excluding hydrogens is 409 g/mol. The summed E-state index contributed by atoms with van der Waals surface area (Å²) in [6.45, 7) is 2.33. The molecule has 0 aromatic heterocycles. The van der Waals surface area contributed by atoms with E-state index in [0.29, 0.717) is 5.92 Å². The minimum atomic E-state index is -4.28. The van der Waals surface area contributed by atoms with Gasteiger partial charge in [-0.1, -0.05) is 80.7 Å². The highest BCUT2D eigenvalue weighted by molar-refractivity contribution is 6.58. The van der Waals surface area contributed by atoms with Crippen molar-refractivity contribution in [3.8, 4) is 11.1 Å². The predicted molar refractivity (Wildman–Crippen MR) is 125 cm³/mol. The molecule has 31 heavy (non-hydrogen) atoms. The van der Waals surface area contributed by atoms with Gasteiger partial charge >= 0.3 is 6.18 Å². The summed E-state index contributed by atoms with van der Waals surface area (Å²) in [7, 11) is -0.0145. The summed E-state index contributed by atoms with van der Waals surface area (Å²) >= 11 is 0. The van der Waals surface area contributed by atoms with Crippen LogP contribution in [-0.2, 0) is 6.18 Å². The molecule has 0 atom stereocenters. The molecule has 4 rings (SSSR count). The minimum absolute atomic E-state index is 0.0145. The van der Waals surface area contributed by atoms with E-state index in [1.54, 1.807) is 24.2 Å². The van der Waals surface area contributed by atoms with Crippen LogP contribution >= 0.6 is 0 Å². The van der Waals surface area contributed by atoms with Crippen molar-refractivity contribution in [1.29, 1.82) is 0 Å². The van der Waals surface area contributed by atoms with Crippen molar-refractivity contribution < 1.29 is 13.2 Å². The molecule has 0 spiro atoms. The fraction of sp³-hybridized carbons (Fsp3) is 0.556. The van der Waals surface area contributed by atoms with Crippen LogP contribution < -0.4 is 0 Å². The lowest BCUT2D eigenvalue weighted by atomic mass is 9.72. The lowest BCUT2D eigenvalue weighted by Crippen LogP contribution is -2.28. The van der Waals surface area contributed by atoms with Gasteiger partial charge in [-0.25, -0.2) is 0 Å². The third kappa shape index (κ3) is 5.63. The maximum Gasteiger partial charge on any atom is 0.416 e. The van der Waals surface area contributed by atoms with Crippen molar-refractivity contribution in [2.24, 2.45) is 11.8 Å². The van der Waals surface area contributed by atoms with Crippen LogP contribution in [0.3, 0.4) is 0 Å². The molecule has 2 aromatic carbocycles. The fourth-order valence-electron chi connectivity index (χ4n) is 5.85. The zero-order chi connectivity index (χ0) is 21.8. The van der Waals surface area contributed by atoms with Crippen molar-refractivity contribution in [2.45, 2.75) is 82.1 Å². The molecule has 2 aliphatic rings. The SMILES string of the molecule is CCC[Si]1CCC(C2CCC(c3ccc(-c4ccc(C(F)(F)F)cc4)cc3)CC2)CC1. The highest BCUT2D eigenvalue weighted by atomic mass is 28.3. The highest BCUT2D eigenvalue weighted by Gasteiger charge is 2.32. The Morgan fingerprint density at radius 2 is 1.26 bits per heavy atom. The first kappa shape index (κ1) is 22.6. The quantitative estimate of drug-likeness (QED) is 0.405.